The number of aromatic nitrogens is 3. The molecule has 0 spiro atoms. The number of rotatable bonds is 8. The summed E-state index contributed by atoms with van der Waals surface area (Å²) in [6.07, 6.45) is 0.978. The number of amides is 1. The van der Waals surface area contributed by atoms with Gasteiger partial charge in [-0.2, -0.15) is 15.4 Å². The Hall–Kier alpha value is -3.09. The molecular weight excluding hydrogens is 320 g/mol. The first-order valence-corrected chi connectivity index (χ1v) is 8.21. The predicted molar refractivity (Wildman–Crippen MR) is 94.9 cm³/mol. The van der Waals surface area contributed by atoms with E-state index in [-0.39, 0.29) is 5.91 Å². The monoisotopic (exact) mass is 340 g/mol. The molecule has 0 fully saturated rings. The SMILES string of the molecule is CCOc1ccccc1OCCCC(=O)Nc1ccc2n[nH]nc2c1. The van der Waals surface area contributed by atoms with Crippen molar-refractivity contribution in [3.05, 3.63) is 42.5 Å². The molecule has 0 aliphatic rings. The van der Waals surface area contributed by atoms with Crippen molar-refractivity contribution in [3.63, 3.8) is 0 Å². The summed E-state index contributed by atoms with van der Waals surface area (Å²) in [5.74, 6) is 1.35. The third-order valence-corrected chi connectivity index (χ3v) is 3.55. The second kappa shape index (κ2) is 8.14. The van der Waals surface area contributed by atoms with Gasteiger partial charge >= 0.3 is 0 Å². The number of ether oxygens (including phenoxy) is 2. The number of H-pyrrole nitrogens is 1. The van der Waals surface area contributed by atoms with Gasteiger partial charge in [0.2, 0.25) is 5.91 Å². The molecule has 25 heavy (non-hydrogen) atoms. The Morgan fingerprint density at radius 3 is 2.64 bits per heavy atom. The average molecular weight is 340 g/mol. The minimum atomic E-state index is -0.0652. The van der Waals surface area contributed by atoms with Gasteiger partial charge < -0.3 is 14.8 Å². The van der Waals surface area contributed by atoms with Gasteiger partial charge in [0, 0.05) is 12.1 Å². The molecule has 0 bridgehead atoms. The molecule has 1 heterocycles. The van der Waals surface area contributed by atoms with Crippen LogP contribution in [0.15, 0.2) is 42.5 Å². The van der Waals surface area contributed by atoms with Gasteiger partial charge in [0.25, 0.3) is 0 Å². The van der Waals surface area contributed by atoms with E-state index in [0.717, 1.165) is 11.3 Å². The van der Waals surface area contributed by atoms with E-state index in [0.29, 0.717) is 43.0 Å². The highest BCUT2D eigenvalue weighted by atomic mass is 16.5. The third-order valence-electron chi connectivity index (χ3n) is 3.55. The summed E-state index contributed by atoms with van der Waals surface area (Å²) in [7, 11) is 0. The molecule has 0 aliphatic heterocycles. The molecule has 0 saturated carbocycles. The summed E-state index contributed by atoms with van der Waals surface area (Å²) in [5, 5.41) is 13.4. The Kier molecular flexibility index (Phi) is 5.46. The molecule has 7 heteroatoms. The van der Waals surface area contributed by atoms with Crippen LogP contribution in [-0.2, 0) is 4.79 Å². The second-order valence-electron chi connectivity index (χ2n) is 5.41. The molecule has 0 aliphatic carbocycles. The number of benzene rings is 2. The van der Waals surface area contributed by atoms with E-state index in [9.17, 15) is 4.79 Å². The molecule has 1 amide bonds. The lowest BCUT2D eigenvalue weighted by molar-refractivity contribution is -0.116. The first-order valence-electron chi connectivity index (χ1n) is 8.21. The highest BCUT2D eigenvalue weighted by Gasteiger charge is 2.07. The van der Waals surface area contributed by atoms with Gasteiger partial charge in [-0.1, -0.05) is 12.1 Å². The fraction of sp³-hybridized carbons (Fsp3) is 0.278. The van der Waals surface area contributed by atoms with Crippen molar-refractivity contribution in [1.82, 2.24) is 15.4 Å². The maximum absolute atomic E-state index is 12.0. The number of anilines is 1. The highest BCUT2D eigenvalue weighted by molar-refractivity contribution is 5.92. The lowest BCUT2D eigenvalue weighted by Crippen LogP contribution is -2.12. The number of carbonyl (C=O) groups is 1. The molecule has 2 N–H and O–H groups in total. The molecule has 1 aromatic heterocycles. The Bertz CT molecular complexity index is 847. The molecule has 0 unspecified atom stereocenters. The van der Waals surface area contributed by atoms with E-state index >= 15 is 0 Å². The number of fused-ring (bicyclic) bond motifs is 1. The summed E-state index contributed by atoms with van der Waals surface area (Å²) < 4.78 is 11.2. The zero-order valence-corrected chi connectivity index (χ0v) is 14.0. The quantitative estimate of drug-likeness (QED) is 0.615. The first-order chi connectivity index (χ1) is 12.3. The van der Waals surface area contributed by atoms with E-state index in [2.05, 4.69) is 20.7 Å². The zero-order valence-electron chi connectivity index (χ0n) is 14.0. The van der Waals surface area contributed by atoms with Crippen LogP contribution in [0.1, 0.15) is 19.8 Å². The lowest BCUT2D eigenvalue weighted by atomic mass is 10.2. The van der Waals surface area contributed by atoms with Crippen LogP contribution in [0.5, 0.6) is 11.5 Å². The van der Waals surface area contributed by atoms with Crippen molar-refractivity contribution < 1.29 is 14.3 Å². The van der Waals surface area contributed by atoms with Crippen molar-refractivity contribution in [2.45, 2.75) is 19.8 Å². The minimum absolute atomic E-state index is 0.0652. The maximum atomic E-state index is 12.0. The number of hydrogen-bond acceptors (Lipinski definition) is 5. The number of hydrogen-bond donors (Lipinski definition) is 2. The van der Waals surface area contributed by atoms with Gasteiger partial charge in [0.05, 0.1) is 13.2 Å². The molecule has 3 aromatic rings. The molecular formula is C18H20N4O3. The molecule has 7 nitrogen and oxygen atoms in total. The molecule has 0 saturated heterocycles. The Balaban J connectivity index is 1.45. The highest BCUT2D eigenvalue weighted by Crippen LogP contribution is 2.26. The minimum Gasteiger partial charge on any atom is -0.490 e. The number of nitrogens with zero attached hydrogens (tertiary/aromatic N) is 2. The van der Waals surface area contributed by atoms with Gasteiger partial charge in [-0.15, -0.1) is 0 Å². The standard InChI is InChI=1S/C18H20N4O3/c1-2-24-16-6-3-4-7-17(16)25-11-5-8-18(23)19-13-9-10-14-15(12-13)21-22-20-14/h3-4,6-7,9-10,12H,2,5,8,11H2,1H3,(H,19,23)(H,20,21,22). The fourth-order valence-corrected chi connectivity index (χ4v) is 2.40. The van der Waals surface area contributed by atoms with E-state index < -0.39 is 0 Å². The molecule has 3 rings (SSSR count). The van der Waals surface area contributed by atoms with Crippen LogP contribution in [0, 0.1) is 0 Å². The first kappa shape index (κ1) is 16.8. The van der Waals surface area contributed by atoms with E-state index in [1.807, 2.05) is 37.3 Å². The average Bonchev–Trinajstić information content (AvgIpc) is 3.08. The smallest absolute Gasteiger partial charge is 0.224 e. The largest absolute Gasteiger partial charge is 0.490 e. The number of nitrogens with one attached hydrogen (secondary N) is 2. The van der Waals surface area contributed by atoms with Crippen LogP contribution in [0.4, 0.5) is 5.69 Å². The van der Waals surface area contributed by atoms with Gasteiger partial charge in [0.15, 0.2) is 11.5 Å². The van der Waals surface area contributed by atoms with Crippen LogP contribution in [0.2, 0.25) is 0 Å². The van der Waals surface area contributed by atoms with Gasteiger partial charge in [-0.3, -0.25) is 4.79 Å². The Morgan fingerprint density at radius 1 is 1.08 bits per heavy atom. The van der Waals surface area contributed by atoms with Crippen LogP contribution in [0.3, 0.4) is 0 Å². The van der Waals surface area contributed by atoms with Crippen LogP contribution in [-0.4, -0.2) is 34.5 Å². The van der Waals surface area contributed by atoms with Crippen molar-refractivity contribution in [3.8, 4) is 11.5 Å². The van der Waals surface area contributed by atoms with Gasteiger partial charge in [-0.05, 0) is 43.7 Å². The normalized spacial score (nSPS) is 10.6. The predicted octanol–water partition coefficient (Wildman–Crippen LogP) is 3.15. The summed E-state index contributed by atoms with van der Waals surface area (Å²) >= 11 is 0. The molecule has 130 valence electrons. The summed E-state index contributed by atoms with van der Waals surface area (Å²) in [4.78, 5) is 12.0. The second-order valence-corrected chi connectivity index (χ2v) is 5.41. The summed E-state index contributed by atoms with van der Waals surface area (Å²) in [5.41, 5.74) is 2.18. The fourth-order valence-electron chi connectivity index (χ4n) is 2.40. The Morgan fingerprint density at radius 2 is 1.84 bits per heavy atom. The Labute approximate surface area is 145 Å². The van der Waals surface area contributed by atoms with Crippen molar-refractivity contribution in [2.24, 2.45) is 0 Å². The lowest BCUT2D eigenvalue weighted by Gasteiger charge is -2.11. The zero-order chi connectivity index (χ0) is 17.5. The van der Waals surface area contributed by atoms with Crippen molar-refractivity contribution >= 4 is 22.6 Å². The topological polar surface area (TPSA) is 89.1 Å². The van der Waals surface area contributed by atoms with E-state index in [1.165, 1.54) is 0 Å². The summed E-state index contributed by atoms with van der Waals surface area (Å²) in [6, 6.07) is 12.9. The molecule has 2 aromatic carbocycles. The maximum Gasteiger partial charge on any atom is 0.224 e. The van der Waals surface area contributed by atoms with Gasteiger partial charge in [0.1, 0.15) is 11.0 Å². The van der Waals surface area contributed by atoms with Crippen LogP contribution in [0.25, 0.3) is 11.0 Å². The van der Waals surface area contributed by atoms with Crippen LogP contribution < -0.4 is 14.8 Å². The van der Waals surface area contributed by atoms with E-state index in [1.54, 1.807) is 12.1 Å². The number of aromatic amines is 1. The number of carbonyl (C=O) groups excluding carboxylic acids is 1. The third kappa shape index (κ3) is 4.47. The molecule has 0 radical (unpaired) electrons. The summed E-state index contributed by atoms with van der Waals surface area (Å²) in [6.45, 7) is 2.95. The molecule has 0 atom stereocenters. The van der Waals surface area contributed by atoms with Crippen LogP contribution >= 0.6 is 0 Å². The number of para-hydroxylation sites is 2. The van der Waals surface area contributed by atoms with E-state index in [4.69, 9.17) is 9.47 Å². The van der Waals surface area contributed by atoms with Crippen molar-refractivity contribution in [2.75, 3.05) is 18.5 Å². The van der Waals surface area contributed by atoms with Crippen molar-refractivity contribution in [1.29, 1.82) is 0 Å². The van der Waals surface area contributed by atoms with Gasteiger partial charge in [-0.25, -0.2) is 0 Å².